The van der Waals surface area contributed by atoms with Gasteiger partial charge in [-0.3, -0.25) is 4.79 Å². The molecular formula is C36H74N2O2. The van der Waals surface area contributed by atoms with Gasteiger partial charge in [0.25, 0.3) is 0 Å². The number of carboxylic acid groups (broad SMARTS) is 1. The van der Waals surface area contributed by atoms with Crippen LogP contribution in [0.1, 0.15) is 201 Å². The van der Waals surface area contributed by atoms with Crippen molar-refractivity contribution < 1.29 is 9.90 Å². The standard InChI is InChI=1S/C36H74N2O2/c1-4-7-10-13-16-19-20-21-22-25-28-31-34-38(35-36(39)40)37(32-29-26-23-17-14-11-8-5-2)33-30-27-24-18-15-12-9-6-3/h4-35H2,1-3H3,(H,39,40). The lowest BCUT2D eigenvalue weighted by Crippen LogP contribution is -2.47. The molecule has 0 aliphatic rings. The highest BCUT2D eigenvalue weighted by Crippen LogP contribution is 2.15. The van der Waals surface area contributed by atoms with Gasteiger partial charge in [0.1, 0.15) is 6.54 Å². The van der Waals surface area contributed by atoms with E-state index in [0.29, 0.717) is 0 Å². The molecule has 0 aromatic rings. The molecule has 40 heavy (non-hydrogen) atoms. The maximum Gasteiger partial charge on any atom is 0.319 e. The Balaban J connectivity index is 4.41. The van der Waals surface area contributed by atoms with Crippen molar-refractivity contribution in [3.8, 4) is 0 Å². The predicted molar refractivity (Wildman–Crippen MR) is 177 cm³/mol. The van der Waals surface area contributed by atoms with Crippen LogP contribution in [-0.4, -0.2) is 47.3 Å². The van der Waals surface area contributed by atoms with E-state index < -0.39 is 5.97 Å². The molecule has 0 saturated heterocycles. The largest absolute Gasteiger partial charge is 0.480 e. The smallest absolute Gasteiger partial charge is 0.319 e. The number of carbonyl (C=O) groups is 1. The summed E-state index contributed by atoms with van der Waals surface area (Å²) >= 11 is 0. The molecule has 0 radical (unpaired) electrons. The van der Waals surface area contributed by atoms with E-state index >= 15 is 0 Å². The van der Waals surface area contributed by atoms with Crippen LogP contribution in [0.25, 0.3) is 0 Å². The Bertz CT molecular complexity index is 479. The summed E-state index contributed by atoms with van der Waals surface area (Å²) in [6.45, 7) is 9.95. The van der Waals surface area contributed by atoms with E-state index in [1.54, 1.807) is 0 Å². The Labute approximate surface area is 252 Å². The van der Waals surface area contributed by atoms with Crippen molar-refractivity contribution in [2.24, 2.45) is 0 Å². The van der Waals surface area contributed by atoms with E-state index in [0.717, 1.165) is 26.1 Å². The lowest BCUT2D eigenvalue weighted by Gasteiger charge is -2.34. The van der Waals surface area contributed by atoms with Crippen molar-refractivity contribution in [3.05, 3.63) is 0 Å². The molecule has 0 aliphatic carbocycles. The molecule has 0 amide bonds. The number of aliphatic carboxylic acids is 1. The third kappa shape index (κ3) is 28.9. The molecule has 0 spiro atoms. The first kappa shape index (κ1) is 39.4. The third-order valence-corrected chi connectivity index (χ3v) is 8.53. The van der Waals surface area contributed by atoms with Gasteiger partial charge in [-0.05, 0) is 19.3 Å². The summed E-state index contributed by atoms with van der Waals surface area (Å²) in [5, 5.41) is 14.3. The van der Waals surface area contributed by atoms with Gasteiger partial charge in [0.15, 0.2) is 0 Å². The summed E-state index contributed by atoms with van der Waals surface area (Å²) in [4.78, 5) is 11.8. The topological polar surface area (TPSA) is 43.8 Å². The molecule has 0 saturated carbocycles. The van der Waals surface area contributed by atoms with Crippen LogP contribution in [-0.2, 0) is 4.79 Å². The van der Waals surface area contributed by atoms with Crippen molar-refractivity contribution in [1.82, 2.24) is 10.0 Å². The molecular weight excluding hydrogens is 492 g/mol. The van der Waals surface area contributed by atoms with Gasteiger partial charge in [-0.2, -0.15) is 0 Å². The average Bonchev–Trinajstić information content (AvgIpc) is 2.94. The van der Waals surface area contributed by atoms with Crippen LogP contribution in [0.3, 0.4) is 0 Å². The van der Waals surface area contributed by atoms with Gasteiger partial charge >= 0.3 is 5.97 Å². The van der Waals surface area contributed by atoms with Crippen LogP contribution in [0.2, 0.25) is 0 Å². The van der Waals surface area contributed by atoms with E-state index in [9.17, 15) is 9.90 Å². The number of hydrazine groups is 1. The maximum absolute atomic E-state index is 11.8. The molecule has 4 nitrogen and oxygen atoms in total. The molecule has 0 bridgehead atoms. The first-order valence-electron chi connectivity index (χ1n) is 18.4. The molecule has 0 aliphatic heterocycles. The van der Waals surface area contributed by atoms with Gasteiger partial charge in [0.2, 0.25) is 0 Å². The Morgan fingerprint density at radius 1 is 0.375 bits per heavy atom. The molecule has 240 valence electrons. The van der Waals surface area contributed by atoms with Crippen LogP contribution in [0.4, 0.5) is 0 Å². The van der Waals surface area contributed by atoms with E-state index in [-0.39, 0.29) is 6.54 Å². The zero-order chi connectivity index (χ0) is 29.4. The van der Waals surface area contributed by atoms with Crippen LogP contribution < -0.4 is 0 Å². The molecule has 0 fully saturated rings. The zero-order valence-electron chi connectivity index (χ0n) is 27.9. The highest BCUT2D eigenvalue weighted by atomic mass is 16.4. The average molecular weight is 567 g/mol. The number of carboxylic acids is 1. The quantitative estimate of drug-likeness (QED) is 0.0621. The van der Waals surface area contributed by atoms with Gasteiger partial charge in [-0.1, -0.05) is 181 Å². The summed E-state index contributed by atoms with van der Waals surface area (Å²) in [5.74, 6) is -0.684. The Morgan fingerprint density at radius 3 is 0.850 bits per heavy atom. The Morgan fingerprint density at radius 2 is 0.600 bits per heavy atom. The molecule has 0 unspecified atom stereocenters. The number of rotatable bonds is 34. The van der Waals surface area contributed by atoms with Gasteiger partial charge < -0.3 is 5.11 Å². The van der Waals surface area contributed by atoms with Crippen molar-refractivity contribution in [2.75, 3.05) is 26.2 Å². The minimum Gasteiger partial charge on any atom is -0.480 e. The van der Waals surface area contributed by atoms with Crippen LogP contribution >= 0.6 is 0 Å². The number of nitrogens with zero attached hydrogens (tertiary/aromatic N) is 2. The molecule has 1 N–H and O–H groups in total. The van der Waals surface area contributed by atoms with Crippen LogP contribution in [0, 0.1) is 0 Å². The van der Waals surface area contributed by atoms with E-state index in [2.05, 4.69) is 30.8 Å². The molecule has 0 rings (SSSR count). The fourth-order valence-electron chi connectivity index (χ4n) is 5.86. The molecule has 4 heteroatoms. The lowest BCUT2D eigenvalue weighted by atomic mass is 10.1. The maximum atomic E-state index is 11.8. The highest BCUT2D eigenvalue weighted by Gasteiger charge is 2.17. The summed E-state index contributed by atoms with van der Waals surface area (Å²) in [5.41, 5.74) is 0. The second kappa shape index (κ2) is 32.9. The van der Waals surface area contributed by atoms with Crippen LogP contribution in [0.5, 0.6) is 0 Å². The minimum absolute atomic E-state index is 0.159. The number of unbranched alkanes of at least 4 members (excludes halogenated alkanes) is 25. The Hall–Kier alpha value is -0.610. The van der Waals surface area contributed by atoms with Gasteiger partial charge in [0.05, 0.1) is 0 Å². The van der Waals surface area contributed by atoms with Crippen molar-refractivity contribution in [1.29, 1.82) is 0 Å². The summed E-state index contributed by atoms with van der Waals surface area (Å²) in [7, 11) is 0. The highest BCUT2D eigenvalue weighted by molar-refractivity contribution is 5.68. The van der Waals surface area contributed by atoms with Gasteiger partial charge in [-0.15, -0.1) is 0 Å². The van der Waals surface area contributed by atoms with E-state index in [4.69, 9.17) is 0 Å². The van der Waals surface area contributed by atoms with Crippen LogP contribution in [0.15, 0.2) is 0 Å². The fraction of sp³-hybridized carbons (Fsp3) is 0.972. The normalized spacial score (nSPS) is 11.7. The lowest BCUT2D eigenvalue weighted by molar-refractivity contribution is -0.144. The van der Waals surface area contributed by atoms with Crippen molar-refractivity contribution in [3.63, 3.8) is 0 Å². The van der Waals surface area contributed by atoms with E-state index in [1.165, 1.54) is 173 Å². The second-order valence-corrected chi connectivity index (χ2v) is 12.6. The monoisotopic (exact) mass is 567 g/mol. The number of hydrogen-bond donors (Lipinski definition) is 1. The summed E-state index contributed by atoms with van der Waals surface area (Å²) in [6.07, 6.45) is 37.3. The first-order chi connectivity index (χ1) is 19.7. The van der Waals surface area contributed by atoms with E-state index in [1.807, 2.05) is 0 Å². The number of hydrogen-bond acceptors (Lipinski definition) is 3. The fourth-order valence-corrected chi connectivity index (χ4v) is 5.86. The third-order valence-electron chi connectivity index (χ3n) is 8.53. The SMILES string of the molecule is CCCCCCCCCCCCCCN(CC(=O)O)N(CCCCCCCCCC)CCCCCCCCCC. The predicted octanol–water partition coefficient (Wildman–Crippen LogP) is 11.6. The molecule has 0 aromatic carbocycles. The Kier molecular flexibility index (Phi) is 32.4. The van der Waals surface area contributed by atoms with Gasteiger partial charge in [0, 0.05) is 19.6 Å². The molecule has 0 aromatic heterocycles. The second-order valence-electron chi connectivity index (χ2n) is 12.6. The van der Waals surface area contributed by atoms with Gasteiger partial charge in [-0.25, -0.2) is 10.0 Å². The first-order valence-corrected chi connectivity index (χ1v) is 18.4. The summed E-state index contributed by atoms with van der Waals surface area (Å²) in [6, 6.07) is 0. The minimum atomic E-state index is -0.684. The summed E-state index contributed by atoms with van der Waals surface area (Å²) < 4.78 is 0. The zero-order valence-corrected chi connectivity index (χ0v) is 27.9. The van der Waals surface area contributed by atoms with Crippen molar-refractivity contribution >= 4 is 5.97 Å². The molecule has 0 heterocycles. The molecule has 0 atom stereocenters. The van der Waals surface area contributed by atoms with Crippen molar-refractivity contribution in [2.45, 2.75) is 201 Å².